The smallest absolute Gasteiger partial charge is 0.0107 e. The van der Waals surface area contributed by atoms with E-state index < -0.39 is 0 Å². The van der Waals surface area contributed by atoms with Gasteiger partial charge in [-0.25, -0.2) is 0 Å². The zero-order valence-corrected chi connectivity index (χ0v) is 6.89. The lowest BCUT2D eigenvalue weighted by Crippen LogP contribution is -2.04. The summed E-state index contributed by atoms with van der Waals surface area (Å²) in [6, 6.07) is 0. The van der Waals surface area contributed by atoms with Crippen LogP contribution >= 0.6 is 0 Å². The van der Waals surface area contributed by atoms with E-state index >= 15 is 0 Å². The summed E-state index contributed by atoms with van der Waals surface area (Å²) in [6.07, 6.45) is 5.64. The van der Waals surface area contributed by atoms with Gasteiger partial charge in [0.25, 0.3) is 0 Å². The van der Waals surface area contributed by atoms with E-state index in [-0.39, 0.29) is 0 Å². The molecule has 0 aliphatic carbocycles. The van der Waals surface area contributed by atoms with E-state index in [0.717, 1.165) is 5.70 Å². The molecule has 0 rings (SSSR count). The van der Waals surface area contributed by atoms with Crippen molar-refractivity contribution in [1.82, 2.24) is 5.32 Å². The Balaban J connectivity index is 3.79. The number of nitrogens with two attached hydrogens (primary N) is 1. The molecule has 0 unspecified atom stereocenters. The number of hydrogen-bond acceptors (Lipinski definition) is 2. The lowest BCUT2D eigenvalue weighted by Gasteiger charge is -2.01. The van der Waals surface area contributed by atoms with Gasteiger partial charge < -0.3 is 11.1 Å². The van der Waals surface area contributed by atoms with Crippen molar-refractivity contribution in [3.8, 4) is 0 Å². The highest BCUT2D eigenvalue weighted by molar-refractivity contribution is 5.10. The van der Waals surface area contributed by atoms with Crippen LogP contribution in [0, 0.1) is 5.92 Å². The molecule has 0 aliphatic rings. The first-order valence-electron chi connectivity index (χ1n) is 3.48. The lowest BCUT2D eigenvalue weighted by molar-refractivity contribution is 0.757. The Bertz CT molecular complexity index is 134. The van der Waals surface area contributed by atoms with Crippen LogP contribution in [0.2, 0.25) is 0 Å². The zero-order chi connectivity index (χ0) is 7.98. The number of rotatable bonds is 3. The topological polar surface area (TPSA) is 38.0 Å². The summed E-state index contributed by atoms with van der Waals surface area (Å²) in [4.78, 5) is 0. The fourth-order valence-corrected chi connectivity index (χ4v) is 0.448. The van der Waals surface area contributed by atoms with Crippen LogP contribution in [0.5, 0.6) is 0 Å². The first kappa shape index (κ1) is 9.08. The molecule has 0 bridgehead atoms. The maximum Gasteiger partial charge on any atom is 0.0107 e. The van der Waals surface area contributed by atoms with Crippen molar-refractivity contribution in [2.45, 2.75) is 13.8 Å². The van der Waals surface area contributed by atoms with Crippen molar-refractivity contribution < 1.29 is 0 Å². The number of hydrogen-bond donors (Lipinski definition) is 2. The van der Waals surface area contributed by atoms with Gasteiger partial charge in [0.2, 0.25) is 0 Å². The average Bonchev–Trinajstić information content (AvgIpc) is 1.88. The van der Waals surface area contributed by atoms with Gasteiger partial charge in [-0.1, -0.05) is 13.8 Å². The van der Waals surface area contributed by atoms with Crippen LogP contribution in [0.15, 0.2) is 24.0 Å². The van der Waals surface area contributed by atoms with Crippen LogP contribution in [0.25, 0.3) is 0 Å². The Morgan fingerprint density at radius 3 is 2.50 bits per heavy atom. The second-order valence-electron chi connectivity index (χ2n) is 2.47. The summed E-state index contributed by atoms with van der Waals surface area (Å²) in [5, 5.41) is 2.88. The number of allylic oxidation sites excluding steroid dienone is 3. The SMILES string of the molecule is CN/C=C\C=C(/N)C(C)C. The van der Waals surface area contributed by atoms with Gasteiger partial charge in [0.05, 0.1) is 0 Å². The summed E-state index contributed by atoms with van der Waals surface area (Å²) in [7, 11) is 1.86. The standard InChI is InChI=1S/C8H16N2/c1-7(2)8(9)5-4-6-10-3/h4-7,10H,9H2,1-3H3/b6-4-,8-5-. The Kier molecular flexibility index (Phi) is 4.46. The van der Waals surface area contributed by atoms with Crippen LogP contribution in [-0.4, -0.2) is 7.05 Å². The molecule has 0 heterocycles. The van der Waals surface area contributed by atoms with Crippen molar-refractivity contribution in [3.63, 3.8) is 0 Å². The van der Waals surface area contributed by atoms with Crippen molar-refractivity contribution in [1.29, 1.82) is 0 Å². The maximum atomic E-state index is 5.64. The molecular formula is C8H16N2. The van der Waals surface area contributed by atoms with Crippen LogP contribution < -0.4 is 11.1 Å². The summed E-state index contributed by atoms with van der Waals surface area (Å²) in [5.74, 6) is 0.432. The molecule has 0 aromatic heterocycles. The van der Waals surface area contributed by atoms with Gasteiger partial charge in [0.15, 0.2) is 0 Å². The van der Waals surface area contributed by atoms with Gasteiger partial charge in [0, 0.05) is 12.7 Å². The molecule has 0 atom stereocenters. The van der Waals surface area contributed by atoms with Crippen molar-refractivity contribution in [3.05, 3.63) is 24.0 Å². The molecule has 10 heavy (non-hydrogen) atoms. The van der Waals surface area contributed by atoms with E-state index in [0.29, 0.717) is 5.92 Å². The van der Waals surface area contributed by atoms with Crippen molar-refractivity contribution in [2.24, 2.45) is 11.7 Å². The molecule has 0 amide bonds. The van der Waals surface area contributed by atoms with E-state index in [4.69, 9.17) is 5.73 Å². The number of nitrogens with one attached hydrogen (secondary N) is 1. The van der Waals surface area contributed by atoms with Crippen LogP contribution in [0.4, 0.5) is 0 Å². The van der Waals surface area contributed by atoms with Gasteiger partial charge in [-0.05, 0) is 24.3 Å². The van der Waals surface area contributed by atoms with Gasteiger partial charge >= 0.3 is 0 Å². The molecule has 3 N–H and O–H groups in total. The minimum atomic E-state index is 0.432. The normalized spacial score (nSPS) is 13.0. The van der Waals surface area contributed by atoms with Gasteiger partial charge in [-0.2, -0.15) is 0 Å². The molecule has 0 fully saturated rings. The maximum absolute atomic E-state index is 5.64. The predicted octanol–water partition coefficient (Wildman–Crippen LogP) is 1.22. The first-order chi connectivity index (χ1) is 4.68. The summed E-state index contributed by atoms with van der Waals surface area (Å²) in [5.41, 5.74) is 6.55. The minimum Gasteiger partial charge on any atom is -0.402 e. The molecule has 0 aliphatic heterocycles. The lowest BCUT2D eigenvalue weighted by atomic mass is 10.1. The Hall–Kier alpha value is -0.920. The van der Waals surface area contributed by atoms with E-state index in [1.54, 1.807) is 0 Å². The zero-order valence-electron chi connectivity index (χ0n) is 6.89. The third kappa shape index (κ3) is 4.01. The van der Waals surface area contributed by atoms with Crippen LogP contribution in [0.1, 0.15) is 13.8 Å². The van der Waals surface area contributed by atoms with Gasteiger partial charge in [-0.15, -0.1) is 0 Å². The Morgan fingerprint density at radius 2 is 2.10 bits per heavy atom. The molecule has 0 aromatic carbocycles. The molecular weight excluding hydrogens is 124 g/mol. The third-order valence-corrected chi connectivity index (χ3v) is 1.22. The molecule has 2 nitrogen and oxygen atoms in total. The van der Waals surface area contributed by atoms with E-state index in [1.165, 1.54) is 0 Å². The third-order valence-electron chi connectivity index (χ3n) is 1.22. The minimum absolute atomic E-state index is 0.432. The van der Waals surface area contributed by atoms with E-state index in [1.807, 2.05) is 25.4 Å². The molecule has 58 valence electrons. The Morgan fingerprint density at radius 1 is 1.50 bits per heavy atom. The second kappa shape index (κ2) is 4.91. The fraction of sp³-hybridized carbons (Fsp3) is 0.500. The fourth-order valence-electron chi connectivity index (χ4n) is 0.448. The largest absolute Gasteiger partial charge is 0.402 e. The highest BCUT2D eigenvalue weighted by Crippen LogP contribution is 2.00. The van der Waals surface area contributed by atoms with Crippen molar-refractivity contribution >= 4 is 0 Å². The van der Waals surface area contributed by atoms with E-state index in [9.17, 15) is 0 Å². The highest BCUT2D eigenvalue weighted by Gasteiger charge is 1.92. The summed E-state index contributed by atoms with van der Waals surface area (Å²) >= 11 is 0. The highest BCUT2D eigenvalue weighted by atomic mass is 14.8. The molecule has 0 spiro atoms. The van der Waals surface area contributed by atoms with Gasteiger partial charge in [-0.3, -0.25) is 0 Å². The monoisotopic (exact) mass is 140 g/mol. The first-order valence-corrected chi connectivity index (χ1v) is 3.48. The molecule has 0 saturated carbocycles. The second-order valence-corrected chi connectivity index (χ2v) is 2.47. The molecule has 0 radical (unpaired) electrons. The van der Waals surface area contributed by atoms with Gasteiger partial charge in [0.1, 0.15) is 0 Å². The predicted molar refractivity (Wildman–Crippen MR) is 45.3 cm³/mol. The quantitative estimate of drug-likeness (QED) is 0.578. The molecule has 0 saturated heterocycles. The summed E-state index contributed by atoms with van der Waals surface area (Å²) < 4.78 is 0. The summed E-state index contributed by atoms with van der Waals surface area (Å²) in [6.45, 7) is 4.14. The molecule has 0 aromatic rings. The average molecular weight is 140 g/mol. The Labute approximate surface area is 62.8 Å². The molecule has 2 heteroatoms. The van der Waals surface area contributed by atoms with Crippen LogP contribution in [0.3, 0.4) is 0 Å². The van der Waals surface area contributed by atoms with Crippen molar-refractivity contribution in [2.75, 3.05) is 7.05 Å². The van der Waals surface area contributed by atoms with Crippen LogP contribution in [-0.2, 0) is 0 Å². The van der Waals surface area contributed by atoms with E-state index in [2.05, 4.69) is 19.2 Å².